The third kappa shape index (κ3) is 4.49. The van der Waals surface area contributed by atoms with Crippen molar-refractivity contribution in [2.45, 2.75) is 32.3 Å². The van der Waals surface area contributed by atoms with Crippen molar-refractivity contribution >= 4 is 5.91 Å². The smallest absolute Gasteiger partial charge is 0.254 e. The van der Waals surface area contributed by atoms with Crippen LogP contribution in [-0.2, 0) is 11.3 Å². The second-order valence-electron chi connectivity index (χ2n) is 7.87. The number of amides is 1. The molecule has 31 heavy (non-hydrogen) atoms. The lowest BCUT2D eigenvalue weighted by atomic mass is 9.88. The number of aromatic amines is 1. The quantitative estimate of drug-likeness (QED) is 0.684. The minimum absolute atomic E-state index is 0.0466. The lowest BCUT2D eigenvalue weighted by molar-refractivity contribution is 0.0712. The van der Waals surface area contributed by atoms with E-state index in [1.807, 2.05) is 54.3 Å². The highest BCUT2D eigenvalue weighted by molar-refractivity contribution is 5.96. The number of methoxy groups -OCH3 is 1. The van der Waals surface area contributed by atoms with Gasteiger partial charge in [-0.25, -0.2) is 4.98 Å². The fourth-order valence-corrected chi connectivity index (χ4v) is 4.03. The summed E-state index contributed by atoms with van der Waals surface area (Å²) in [6, 6.07) is 15.7. The van der Waals surface area contributed by atoms with Gasteiger partial charge < -0.3 is 9.64 Å². The number of piperidine rings is 1. The van der Waals surface area contributed by atoms with Crippen molar-refractivity contribution in [1.82, 2.24) is 20.1 Å². The number of benzene rings is 2. The van der Waals surface area contributed by atoms with Gasteiger partial charge in [0.2, 0.25) is 0 Å². The molecule has 1 saturated heterocycles. The number of rotatable bonds is 5. The number of nitrogens with zero attached hydrogens (tertiary/aromatic N) is 4. The first-order valence-corrected chi connectivity index (χ1v) is 10.4. The molecule has 1 aliphatic heterocycles. The first-order valence-electron chi connectivity index (χ1n) is 10.4. The lowest BCUT2D eigenvalue weighted by Crippen LogP contribution is -2.38. The average molecular weight is 415 g/mol. The Kier molecular flexibility index (Phi) is 6.10. The number of likely N-dealkylation sites (tertiary alicyclic amines) is 1. The molecule has 0 saturated carbocycles. The zero-order valence-electron chi connectivity index (χ0n) is 17.8. The van der Waals surface area contributed by atoms with E-state index in [-0.39, 0.29) is 5.91 Å². The molecular weight excluding hydrogens is 390 g/mol. The number of carbonyl (C=O) groups is 1. The molecule has 1 N–H and O–H groups in total. The number of H-pyrrole nitrogens is 1. The number of aryl methyl sites for hydroxylation is 1. The zero-order valence-corrected chi connectivity index (χ0v) is 17.8. The molecular formula is C24H25N5O2. The number of hydrogen-bond donors (Lipinski definition) is 1. The third-order valence-electron chi connectivity index (χ3n) is 5.83. The largest absolute Gasteiger partial charge is 0.377 e. The van der Waals surface area contributed by atoms with Crippen molar-refractivity contribution in [3.05, 3.63) is 70.5 Å². The molecule has 158 valence electrons. The fraction of sp³-hybridized carbons (Fsp3) is 0.333. The molecule has 1 fully saturated rings. The van der Waals surface area contributed by atoms with E-state index in [0.29, 0.717) is 48.4 Å². The minimum atomic E-state index is 0.0466. The van der Waals surface area contributed by atoms with Crippen molar-refractivity contribution in [3.63, 3.8) is 0 Å². The summed E-state index contributed by atoms with van der Waals surface area (Å²) >= 11 is 0. The lowest BCUT2D eigenvalue weighted by Gasteiger charge is -2.32. The van der Waals surface area contributed by atoms with Crippen LogP contribution in [0.15, 0.2) is 42.5 Å². The average Bonchev–Trinajstić information content (AvgIpc) is 3.28. The summed E-state index contributed by atoms with van der Waals surface area (Å²) in [7, 11) is 1.61. The summed E-state index contributed by atoms with van der Waals surface area (Å²) in [5.41, 5.74) is 4.34. The van der Waals surface area contributed by atoms with Gasteiger partial charge in [-0.3, -0.25) is 9.89 Å². The Hall–Kier alpha value is -3.50. The first-order chi connectivity index (χ1) is 15.1. The van der Waals surface area contributed by atoms with Crippen LogP contribution in [0.1, 0.15) is 51.6 Å². The summed E-state index contributed by atoms with van der Waals surface area (Å²) in [6.07, 6.45) is 1.83. The van der Waals surface area contributed by atoms with Crippen molar-refractivity contribution in [2.24, 2.45) is 0 Å². The Morgan fingerprint density at radius 1 is 1.23 bits per heavy atom. The molecule has 0 unspecified atom stereocenters. The summed E-state index contributed by atoms with van der Waals surface area (Å²) in [6.45, 7) is 3.74. The maximum atomic E-state index is 13.3. The maximum Gasteiger partial charge on any atom is 0.254 e. The number of hydrogen-bond acceptors (Lipinski definition) is 5. The minimum Gasteiger partial charge on any atom is -0.377 e. The molecule has 0 bridgehead atoms. The second kappa shape index (κ2) is 9.11. The van der Waals surface area contributed by atoms with Gasteiger partial charge in [0.15, 0.2) is 11.6 Å². The summed E-state index contributed by atoms with van der Waals surface area (Å²) in [4.78, 5) is 19.6. The molecule has 0 radical (unpaired) electrons. The Morgan fingerprint density at radius 3 is 2.65 bits per heavy atom. The summed E-state index contributed by atoms with van der Waals surface area (Å²) in [5, 5.41) is 16.1. The van der Waals surface area contributed by atoms with E-state index in [2.05, 4.69) is 21.3 Å². The van der Waals surface area contributed by atoms with Gasteiger partial charge in [0.05, 0.1) is 11.6 Å². The van der Waals surface area contributed by atoms with Crippen molar-refractivity contribution < 1.29 is 9.53 Å². The van der Waals surface area contributed by atoms with Gasteiger partial charge in [-0.15, -0.1) is 0 Å². The Bertz CT molecular complexity index is 1110. The van der Waals surface area contributed by atoms with Crippen LogP contribution >= 0.6 is 0 Å². The van der Waals surface area contributed by atoms with Crippen LogP contribution in [0.5, 0.6) is 0 Å². The van der Waals surface area contributed by atoms with E-state index in [1.54, 1.807) is 7.11 Å². The molecule has 0 atom stereocenters. The van der Waals surface area contributed by atoms with E-state index in [0.717, 1.165) is 24.0 Å². The van der Waals surface area contributed by atoms with Gasteiger partial charge in [0, 0.05) is 31.3 Å². The summed E-state index contributed by atoms with van der Waals surface area (Å²) < 4.78 is 5.08. The predicted octanol–water partition coefficient (Wildman–Crippen LogP) is 3.82. The van der Waals surface area contributed by atoms with Gasteiger partial charge in [0.1, 0.15) is 6.61 Å². The van der Waals surface area contributed by atoms with Crippen LogP contribution in [0.4, 0.5) is 0 Å². The molecule has 4 rings (SSSR count). The molecule has 1 aromatic heterocycles. The Balaban J connectivity index is 1.46. The van der Waals surface area contributed by atoms with E-state index in [1.165, 1.54) is 5.56 Å². The summed E-state index contributed by atoms with van der Waals surface area (Å²) in [5.74, 6) is 1.67. The van der Waals surface area contributed by atoms with Gasteiger partial charge in [0.25, 0.3) is 5.91 Å². The van der Waals surface area contributed by atoms with Crippen molar-refractivity contribution in [2.75, 3.05) is 20.2 Å². The molecule has 1 aliphatic rings. The standard InChI is InChI=1S/C24H25N5O2/c1-16-3-6-20(23-26-22(15-31-2)27-28-23)13-21(16)24(30)29-11-9-19(10-12-29)18-7-4-17(14-25)5-8-18/h3-8,13,19H,9-12,15H2,1-2H3,(H,26,27,28). The van der Waals surface area contributed by atoms with E-state index >= 15 is 0 Å². The number of carbonyl (C=O) groups excluding carboxylic acids is 1. The van der Waals surface area contributed by atoms with Crippen LogP contribution in [-0.4, -0.2) is 46.2 Å². The monoisotopic (exact) mass is 415 g/mol. The highest BCUT2D eigenvalue weighted by Gasteiger charge is 2.26. The van der Waals surface area contributed by atoms with Gasteiger partial charge in [-0.2, -0.15) is 10.4 Å². The SMILES string of the molecule is COCc1nc(-c2ccc(C)c(C(=O)N3CCC(c4ccc(C#N)cc4)CC3)c2)n[nH]1. The number of nitrogens with one attached hydrogen (secondary N) is 1. The second-order valence-corrected chi connectivity index (χ2v) is 7.87. The molecule has 7 nitrogen and oxygen atoms in total. The van der Waals surface area contributed by atoms with Crippen LogP contribution in [0.3, 0.4) is 0 Å². The third-order valence-corrected chi connectivity index (χ3v) is 5.83. The van der Waals surface area contributed by atoms with Crippen LogP contribution in [0, 0.1) is 18.3 Å². The van der Waals surface area contributed by atoms with Gasteiger partial charge in [-0.1, -0.05) is 24.3 Å². The highest BCUT2D eigenvalue weighted by atomic mass is 16.5. The van der Waals surface area contributed by atoms with E-state index in [4.69, 9.17) is 10.00 Å². The molecule has 3 aromatic rings. The zero-order chi connectivity index (χ0) is 21.8. The van der Waals surface area contributed by atoms with Crippen LogP contribution < -0.4 is 0 Å². The number of nitriles is 1. The predicted molar refractivity (Wildman–Crippen MR) is 116 cm³/mol. The van der Waals surface area contributed by atoms with E-state index < -0.39 is 0 Å². The molecule has 0 spiro atoms. The fourth-order valence-electron chi connectivity index (χ4n) is 4.03. The van der Waals surface area contributed by atoms with Crippen molar-refractivity contribution in [3.8, 4) is 17.5 Å². The number of ether oxygens (including phenoxy) is 1. The van der Waals surface area contributed by atoms with Gasteiger partial charge in [-0.05, 0) is 55.0 Å². The van der Waals surface area contributed by atoms with Gasteiger partial charge >= 0.3 is 0 Å². The molecule has 0 aliphatic carbocycles. The molecule has 1 amide bonds. The van der Waals surface area contributed by atoms with Crippen LogP contribution in [0.25, 0.3) is 11.4 Å². The Morgan fingerprint density at radius 2 is 1.97 bits per heavy atom. The maximum absolute atomic E-state index is 13.3. The van der Waals surface area contributed by atoms with E-state index in [9.17, 15) is 4.79 Å². The van der Waals surface area contributed by atoms with Crippen LogP contribution in [0.2, 0.25) is 0 Å². The molecule has 2 aromatic carbocycles. The Labute approximate surface area is 181 Å². The molecule has 2 heterocycles. The topological polar surface area (TPSA) is 94.9 Å². The molecule has 7 heteroatoms. The first kappa shape index (κ1) is 20.8. The van der Waals surface area contributed by atoms with Crippen molar-refractivity contribution in [1.29, 1.82) is 5.26 Å². The normalized spacial score (nSPS) is 14.4. The highest BCUT2D eigenvalue weighted by Crippen LogP contribution is 2.29. The number of aromatic nitrogens is 3.